The second-order valence-electron chi connectivity index (χ2n) is 9.89. The van der Waals surface area contributed by atoms with Crippen molar-refractivity contribution < 1.29 is 27.5 Å². The van der Waals surface area contributed by atoms with Gasteiger partial charge in [0.15, 0.2) is 16.4 Å². The molecule has 1 aliphatic heterocycles. The third kappa shape index (κ3) is 5.55. The molecule has 0 aromatic heterocycles. The molecule has 0 spiro atoms. The number of anilines is 1. The van der Waals surface area contributed by atoms with Gasteiger partial charge in [0, 0.05) is 17.3 Å². The van der Waals surface area contributed by atoms with Gasteiger partial charge in [-0.15, -0.1) is 0 Å². The zero-order valence-corrected chi connectivity index (χ0v) is 22.7. The molecule has 1 fully saturated rings. The maximum atomic E-state index is 13.9. The lowest BCUT2D eigenvalue weighted by Crippen LogP contribution is -2.37. The molecule has 1 N–H and O–H groups in total. The summed E-state index contributed by atoms with van der Waals surface area (Å²) >= 11 is 6.12. The van der Waals surface area contributed by atoms with Crippen molar-refractivity contribution >= 4 is 45.0 Å². The second-order valence-corrected chi connectivity index (χ2v) is 12.5. The van der Waals surface area contributed by atoms with Crippen LogP contribution in [0.15, 0.2) is 77.7 Å². The summed E-state index contributed by atoms with van der Waals surface area (Å²) in [6.45, 7) is 1.56. The van der Waals surface area contributed by atoms with Crippen molar-refractivity contribution in [3.8, 4) is 0 Å². The maximum Gasteiger partial charge on any atom is 0.417 e. The summed E-state index contributed by atoms with van der Waals surface area (Å²) < 4.78 is 32.7. The van der Waals surface area contributed by atoms with Gasteiger partial charge in [-0.25, -0.2) is 18.1 Å². The molecular formula is C29H27ClN2O6S. The molecule has 0 bridgehead atoms. The SMILES string of the molecule is C[C@H](C(=O)Nc1ccc2c(c1)C(S(=O)(=O)c1cccc(Cl)c1)CC(CN1C(=O)COC1=O)C2)c1ccccc1. The van der Waals surface area contributed by atoms with Gasteiger partial charge in [-0.05, 0) is 72.7 Å². The molecule has 3 atom stereocenters. The number of fused-ring (bicyclic) bond motifs is 1. The summed E-state index contributed by atoms with van der Waals surface area (Å²) in [7, 11) is -3.91. The zero-order valence-electron chi connectivity index (χ0n) is 21.2. The highest BCUT2D eigenvalue weighted by atomic mass is 35.5. The smallest absolute Gasteiger partial charge is 0.417 e. The first-order chi connectivity index (χ1) is 18.6. The average molecular weight is 567 g/mol. The summed E-state index contributed by atoms with van der Waals surface area (Å²) in [6.07, 6.45) is -0.0788. The van der Waals surface area contributed by atoms with Gasteiger partial charge in [-0.3, -0.25) is 9.59 Å². The van der Waals surface area contributed by atoms with Gasteiger partial charge in [-0.1, -0.05) is 54.1 Å². The molecular weight excluding hydrogens is 540 g/mol. The Morgan fingerprint density at radius 3 is 2.54 bits per heavy atom. The van der Waals surface area contributed by atoms with Gasteiger partial charge in [-0.2, -0.15) is 0 Å². The molecule has 0 radical (unpaired) electrons. The van der Waals surface area contributed by atoms with Crippen LogP contribution in [0.3, 0.4) is 0 Å². The van der Waals surface area contributed by atoms with Gasteiger partial charge in [0.05, 0.1) is 16.1 Å². The van der Waals surface area contributed by atoms with E-state index in [1.807, 2.05) is 37.3 Å². The lowest BCUT2D eigenvalue weighted by Gasteiger charge is -2.33. The van der Waals surface area contributed by atoms with Crippen LogP contribution in [-0.2, 0) is 30.6 Å². The third-order valence-electron chi connectivity index (χ3n) is 7.29. The number of nitrogens with one attached hydrogen (secondary N) is 1. The van der Waals surface area contributed by atoms with E-state index in [9.17, 15) is 22.8 Å². The van der Waals surface area contributed by atoms with Gasteiger partial charge >= 0.3 is 6.09 Å². The first-order valence-electron chi connectivity index (χ1n) is 12.6. The summed E-state index contributed by atoms with van der Waals surface area (Å²) in [5.41, 5.74) is 2.71. The van der Waals surface area contributed by atoms with E-state index in [4.69, 9.17) is 16.3 Å². The summed E-state index contributed by atoms with van der Waals surface area (Å²) in [4.78, 5) is 38.3. The number of nitrogens with zero attached hydrogens (tertiary/aromatic N) is 1. The molecule has 5 rings (SSSR count). The van der Waals surface area contributed by atoms with E-state index in [1.54, 1.807) is 30.3 Å². The van der Waals surface area contributed by atoms with Crippen molar-refractivity contribution in [2.24, 2.45) is 5.92 Å². The molecule has 2 unspecified atom stereocenters. The molecule has 1 saturated heterocycles. The predicted octanol–water partition coefficient (Wildman–Crippen LogP) is 5.14. The van der Waals surface area contributed by atoms with Gasteiger partial charge in [0.1, 0.15) is 0 Å². The fourth-order valence-corrected chi connectivity index (χ4v) is 7.41. The van der Waals surface area contributed by atoms with Crippen LogP contribution in [0.25, 0.3) is 0 Å². The number of hydrogen-bond acceptors (Lipinski definition) is 6. The summed E-state index contributed by atoms with van der Waals surface area (Å²) in [5, 5.41) is 2.25. The quantitative estimate of drug-likeness (QED) is 0.424. The van der Waals surface area contributed by atoms with Gasteiger partial charge in [0.2, 0.25) is 5.91 Å². The monoisotopic (exact) mass is 566 g/mol. The minimum atomic E-state index is -3.91. The Kier molecular flexibility index (Phi) is 7.46. The van der Waals surface area contributed by atoms with Crippen LogP contribution < -0.4 is 5.32 Å². The topological polar surface area (TPSA) is 110 Å². The molecule has 0 saturated carbocycles. The van der Waals surface area contributed by atoms with Crippen molar-refractivity contribution in [2.75, 3.05) is 18.5 Å². The highest BCUT2D eigenvalue weighted by Crippen LogP contribution is 2.43. The molecule has 202 valence electrons. The van der Waals surface area contributed by atoms with E-state index in [1.165, 1.54) is 12.1 Å². The van der Waals surface area contributed by atoms with E-state index in [-0.39, 0.29) is 36.3 Å². The number of cyclic esters (lactones) is 1. The molecule has 39 heavy (non-hydrogen) atoms. The Bertz CT molecular complexity index is 1530. The minimum absolute atomic E-state index is 0.0613. The maximum absolute atomic E-state index is 13.9. The second kappa shape index (κ2) is 10.8. The first kappa shape index (κ1) is 26.9. The number of carbonyl (C=O) groups excluding carboxylic acids is 3. The molecule has 3 amide bonds. The Balaban J connectivity index is 1.48. The molecule has 10 heteroatoms. The zero-order chi connectivity index (χ0) is 27.7. The number of hydrogen-bond donors (Lipinski definition) is 1. The Hall–Kier alpha value is -3.69. The number of carbonyl (C=O) groups is 3. The van der Waals surface area contributed by atoms with Crippen molar-refractivity contribution in [2.45, 2.75) is 35.8 Å². The minimum Gasteiger partial charge on any atom is -0.439 e. The highest BCUT2D eigenvalue weighted by Gasteiger charge is 2.40. The number of ether oxygens (including phenoxy) is 1. The molecule has 3 aromatic carbocycles. The van der Waals surface area contributed by atoms with Gasteiger partial charge < -0.3 is 10.1 Å². The molecule has 8 nitrogen and oxygen atoms in total. The molecule has 3 aromatic rings. The summed E-state index contributed by atoms with van der Waals surface area (Å²) in [5.74, 6) is -1.36. The predicted molar refractivity (Wildman–Crippen MR) is 146 cm³/mol. The van der Waals surface area contributed by atoms with Crippen LogP contribution in [-0.4, -0.2) is 44.4 Å². The fourth-order valence-electron chi connectivity index (χ4n) is 5.18. The number of sulfone groups is 1. The molecule has 2 aliphatic rings. The first-order valence-corrected chi connectivity index (χ1v) is 14.5. The normalized spacial score (nSPS) is 19.8. The van der Waals surface area contributed by atoms with Crippen LogP contribution in [0.4, 0.5) is 10.5 Å². The number of rotatable bonds is 7. The Labute approximate surface area is 231 Å². The molecule has 1 aliphatic carbocycles. The van der Waals surface area contributed by atoms with Gasteiger partial charge in [0.25, 0.3) is 5.91 Å². The van der Waals surface area contributed by atoms with Crippen LogP contribution in [0.1, 0.15) is 41.2 Å². The Morgan fingerprint density at radius 2 is 1.85 bits per heavy atom. The lowest BCUT2D eigenvalue weighted by atomic mass is 9.83. The number of halogens is 1. The summed E-state index contributed by atoms with van der Waals surface area (Å²) in [6, 6.07) is 20.7. The van der Waals surface area contributed by atoms with Crippen LogP contribution in [0.5, 0.6) is 0 Å². The van der Waals surface area contributed by atoms with Crippen molar-refractivity contribution in [3.63, 3.8) is 0 Å². The number of imide groups is 1. The van der Waals surface area contributed by atoms with Crippen LogP contribution in [0.2, 0.25) is 5.02 Å². The van der Waals surface area contributed by atoms with Crippen LogP contribution in [0, 0.1) is 5.92 Å². The number of amides is 3. The van der Waals surface area contributed by atoms with E-state index in [2.05, 4.69) is 5.32 Å². The van der Waals surface area contributed by atoms with E-state index in [0.29, 0.717) is 22.7 Å². The van der Waals surface area contributed by atoms with Crippen molar-refractivity contribution in [1.82, 2.24) is 4.90 Å². The number of benzene rings is 3. The Morgan fingerprint density at radius 1 is 1.08 bits per heavy atom. The van der Waals surface area contributed by atoms with E-state index >= 15 is 0 Å². The van der Waals surface area contributed by atoms with E-state index in [0.717, 1.165) is 16.0 Å². The van der Waals surface area contributed by atoms with Crippen LogP contribution >= 0.6 is 11.6 Å². The lowest BCUT2D eigenvalue weighted by molar-refractivity contribution is -0.126. The van der Waals surface area contributed by atoms with Crippen molar-refractivity contribution in [1.29, 1.82) is 0 Å². The highest BCUT2D eigenvalue weighted by molar-refractivity contribution is 7.91. The molecule has 1 heterocycles. The standard InChI is InChI=1S/C29H27ClN2O6S/c1-18(20-6-3-2-4-7-20)28(34)31-23-11-10-21-12-19(16-32-27(33)17-38-29(32)35)13-26(25(21)15-23)39(36,37)24-9-5-8-22(30)14-24/h2-11,14-15,18-19,26H,12-13,16-17H2,1H3,(H,31,34)/t18-,19?,26?/m0/s1. The van der Waals surface area contributed by atoms with Crippen molar-refractivity contribution in [3.05, 3.63) is 94.5 Å². The third-order valence-corrected chi connectivity index (χ3v) is 9.63. The average Bonchev–Trinajstić information content (AvgIpc) is 3.24. The van der Waals surface area contributed by atoms with E-state index < -0.39 is 33.0 Å². The fraction of sp³-hybridized carbons (Fsp3) is 0.276. The largest absolute Gasteiger partial charge is 0.439 e.